The third-order valence-corrected chi connectivity index (χ3v) is 4.86. The van der Waals surface area contributed by atoms with Gasteiger partial charge in [-0.25, -0.2) is 9.18 Å². The standard InChI is InChI=1S/C21H22FN3O2/c1-3-27-21(26)20-19(24-17-7-4-13(2)10-16(17)22)15-11-23-9-8-18(15)25(20)12-14-5-6-14/h4,7-11,14,24H,3,5-6,12H2,1-2H3. The van der Waals surface area contributed by atoms with Gasteiger partial charge in [-0.05, 0) is 56.4 Å². The van der Waals surface area contributed by atoms with Crippen LogP contribution in [0.2, 0.25) is 0 Å². The van der Waals surface area contributed by atoms with E-state index in [-0.39, 0.29) is 12.4 Å². The number of carbonyl (C=O) groups excluding carboxylic acids is 1. The molecule has 5 nitrogen and oxygen atoms in total. The van der Waals surface area contributed by atoms with E-state index in [1.54, 1.807) is 25.4 Å². The first kappa shape index (κ1) is 17.5. The number of fused-ring (bicyclic) bond motifs is 1. The first-order valence-electron chi connectivity index (χ1n) is 9.25. The van der Waals surface area contributed by atoms with Gasteiger partial charge in [-0.2, -0.15) is 0 Å². The highest BCUT2D eigenvalue weighted by atomic mass is 19.1. The van der Waals surface area contributed by atoms with Gasteiger partial charge in [-0.3, -0.25) is 4.98 Å². The number of hydrogen-bond donors (Lipinski definition) is 1. The van der Waals surface area contributed by atoms with Crippen molar-refractivity contribution in [3.63, 3.8) is 0 Å². The fraction of sp³-hybridized carbons (Fsp3) is 0.333. The van der Waals surface area contributed by atoms with Gasteiger partial charge in [0.05, 0.1) is 23.5 Å². The number of rotatable bonds is 6. The summed E-state index contributed by atoms with van der Waals surface area (Å²) in [5.41, 5.74) is 3.02. The van der Waals surface area contributed by atoms with Crippen molar-refractivity contribution in [2.45, 2.75) is 33.2 Å². The van der Waals surface area contributed by atoms with Crippen LogP contribution in [0.3, 0.4) is 0 Å². The first-order valence-corrected chi connectivity index (χ1v) is 9.25. The van der Waals surface area contributed by atoms with Crippen molar-refractivity contribution in [3.05, 3.63) is 53.7 Å². The average molecular weight is 367 g/mol. The second kappa shape index (κ2) is 7.02. The number of anilines is 2. The number of nitrogens with zero attached hydrogens (tertiary/aromatic N) is 2. The van der Waals surface area contributed by atoms with Gasteiger partial charge < -0.3 is 14.6 Å². The minimum atomic E-state index is -0.413. The number of halogens is 1. The minimum Gasteiger partial charge on any atom is -0.461 e. The molecule has 4 rings (SSSR count). The van der Waals surface area contributed by atoms with E-state index in [0.717, 1.165) is 35.9 Å². The van der Waals surface area contributed by atoms with E-state index in [4.69, 9.17) is 4.74 Å². The highest BCUT2D eigenvalue weighted by Gasteiger charge is 2.29. The molecule has 27 heavy (non-hydrogen) atoms. The average Bonchev–Trinajstić information content (AvgIpc) is 3.41. The zero-order valence-electron chi connectivity index (χ0n) is 15.5. The van der Waals surface area contributed by atoms with Crippen LogP contribution in [0.25, 0.3) is 10.9 Å². The van der Waals surface area contributed by atoms with E-state index in [1.165, 1.54) is 6.07 Å². The molecule has 0 unspecified atom stereocenters. The lowest BCUT2D eigenvalue weighted by atomic mass is 10.2. The number of aryl methyl sites for hydroxylation is 1. The molecule has 1 aromatic carbocycles. The number of benzene rings is 1. The van der Waals surface area contributed by atoms with Crippen molar-refractivity contribution in [2.75, 3.05) is 11.9 Å². The third-order valence-electron chi connectivity index (χ3n) is 4.86. The summed E-state index contributed by atoms with van der Waals surface area (Å²) in [6.45, 7) is 4.63. The van der Waals surface area contributed by atoms with E-state index >= 15 is 0 Å². The predicted octanol–water partition coefficient (Wildman–Crippen LogP) is 4.81. The van der Waals surface area contributed by atoms with Crippen molar-refractivity contribution in [2.24, 2.45) is 5.92 Å². The van der Waals surface area contributed by atoms with Crippen LogP contribution in [0.15, 0.2) is 36.7 Å². The Kier molecular flexibility index (Phi) is 4.56. The van der Waals surface area contributed by atoms with Gasteiger partial charge >= 0.3 is 5.97 Å². The normalized spacial score (nSPS) is 13.7. The first-order chi connectivity index (χ1) is 13.1. The quantitative estimate of drug-likeness (QED) is 0.635. The van der Waals surface area contributed by atoms with Crippen LogP contribution in [0, 0.1) is 18.7 Å². The van der Waals surface area contributed by atoms with Gasteiger partial charge in [0, 0.05) is 24.3 Å². The summed E-state index contributed by atoms with van der Waals surface area (Å²) < 4.78 is 21.7. The number of pyridine rings is 1. The Hall–Kier alpha value is -2.89. The number of carbonyl (C=O) groups is 1. The Balaban J connectivity index is 1.88. The van der Waals surface area contributed by atoms with Gasteiger partial charge in [0.2, 0.25) is 0 Å². The minimum absolute atomic E-state index is 0.278. The molecule has 1 N–H and O–H groups in total. The fourth-order valence-corrected chi connectivity index (χ4v) is 3.34. The van der Waals surface area contributed by atoms with Crippen molar-refractivity contribution in [1.82, 2.24) is 9.55 Å². The Labute approximate surface area is 157 Å². The van der Waals surface area contributed by atoms with Crippen LogP contribution >= 0.6 is 0 Å². The van der Waals surface area contributed by atoms with E-state index < -0.39 is 5.97 Å². The monoisotopic (exact) mass is 367 g/mol. The molecule has 0 radical (unpaired) electrons. The van der Waals surface area contributed by atoms with Gasteiger partial charge in [-0.1, -0.05) is 6.07 Å². The number of hydrogen-bond acceptors (Lipinski definition) is 4. The highest BCUT2D eigenvalue weighted by Crippen LogP contribution is 2.38. The molecule has 1 saturated carbocycles. The molecule has 1 fully saturated rings. The van der Waals surface area contributed by atoms with Crippen LogP contribution in [0.4, 0.5) is 15.8 Å². The molecule has 3 aromatic rings. The fourth-order valence-electron chi connectivity index (χ4n) is 3.34. The highest BCUT2D eigenvalue weighted by molar-refractivity contribution is 6.07. The van der Waals surface area contributed by atoms with E-state index in [0.29, 0.717) is 23.0 Å². The maximum absolute atomic E-state index is 14.4. The molecule has 0 saturated heterocycles. The number of nitrogens with one attached hydrogen (secondary N) is 1. The molecule has 0 spiro atoms. The molecule has 2 heterocycles. The summed E-state index contributed by atoms with van der Waals surface area (Å²) in [5.74, 6) is -0.216. The van der Waals surface area contributed by atoms with Crippen molar-refractivity contribution < 1.29 is 13.9 Å². The molecule has 140 valence electrons. The summed E-state index contributed by atoms with van der Waals surface area (Å²) in [6, 6.07) is 6.86. The van der Waals surface area contributed by atoms with Crippen LogP contribution in [0.1, 0.15) is 35.8 Å². The van der Waals surface area contributed by atoms with Crippen molar-refractivity contribution in [1.29, 1.82) is 0 Å². The third kappa shape index (κ3) is 3.39. The molecule has 0 atom stereocenters. The largest absolute Gasteiger partial charge is 0.461 e. The molecule has 0 amide bonds. The summed E-state index contributed by atoms with van der Waals surface area (Å²) in [6.07, 6.45) is 5.72. The molecular formula is C21H22FN3O2. The van der Waals surface area contributed by atoms with E-state index in [2.05, 4.69) is 10.3 Å². The molecule has 2 aromatic heterocycles. The van der Waals surface area contributed by atoms with Crippen molar-refractivity contribution >= 4 is 28.2 Å². The maximum Gasteiger partial charge on any atom is 0.357 e. The lowest BCUT2D eigenvalue weighted by Crippen LogP contribution is -2.15. The van der Waals surface area contributed by atoms with Crippen LogP contribution in [0.5, 0.6) is 0 Å². The topological polar surface area (TPSA) is 56.1 Å². The molecular weight excluding hydrogens is 345 g/mol. The summed E-state index contributed by atoms with van der Waals surface area (Å²) >= 11 is 0. The lowest BCUT2D eigenvalue weighted by molar-refractivity contribution is 0.0515. The maximum atomic E-state index is 14.4. The second-order valence-electron chi connectivity index (χ2n) is 7.00. The molecule has 1 aliphatic carbocycles. The number of ether oxygens (including phenoxy) is 1. The number of esters is 1. The molecule has 6 heteroatoms. The zero-order chi connectivity index (χ0) is 19.0. The summed E-state index contributed by atoms with van der Waals surface area (Å²) in [5, 5.41) is 3.91. The lowest BCUT2D eigenvalue weighted by Gasteiger charge is -2.12. The SMILES string of the molecule is CCOC(=O)c1c(Nc2ccc(C)cc2F)c2cnccc2n1CC1CC1. The summed E-state index contributed by atoms with van der Waals surface area (Å²) in [7, 11) is 0. The molecule has 0 bridgehead atoms. The Morgan fingerprint density at radius 2 is 2.19 bits per heavy atom. The van der Waals surface area contributed by atoms with Crippen LogP contribution in [-0.2, 0) is 11.3 Å². The summed E-state index contributed by atoms with van der Waals surface area (Å²) in [4.78, 5) is 17.0. The van der Waals surface area contributed by atoms with Gasteiger partial charge in [-0.15, -0.1) is 0 Å². The predicted molar refractivity (Wildman–Crippen MR) is 103 cm³/mol. The van der Waals surface area contributed by atoms with Gasteiger partial charge in [0.1, 0.15) is 5.82 Å². The molecule has 1 aliphatic rings. The molecule has 0 aliphatic heterocycles. The van der Waals surface area contributed by atoms with Crippen LogP contribution in [-0.4, -0.2) is 22.1 Å². The van der Waals surface area contributed by atoms with E-state index in [1.807, 2.05) is 23.6 Å². The van der Waals surface area contributed by atoms with E-state index in [9.17, 15) is 9.18 Å². The van der Waals surface area contributed by atoms with Gasteiger partial charge in [0.15, 0.2) is 5.69 Å². The Bertz CT molecular complexity index is 1010. The van der Waals surface area contributed by atoms with Crippen molar-refractivity contribution in [3.8, 4) is 0 Å². The van der Waals surface area contributed by atoms with Gasteiger partial charge in [0.25, 0.3) is 0 Å². The smallest absolute Gasteiger partial charge is 0.357 e. The zero-order valence-corrected chi connectivity index (χ0v) is 15.5. The Morgan fingerprint density at radius 1 is 1.37 bits per heavy atom. The number of aromatic nitrogens is 2. The van der Waals surface area contributed by atoms with Crippen LogP contribution < -0.4 is 5.32 Å². The Morgan fingerprint density at radius 3 is 2.89 bits per heavy atom. The second-order valence-corrected chi connectivity index (χ2v) is 7.00.